The van der Waals surface area contributed by atoms with Crippen molar-refractivity contribution in [3.8, 4) is 6.01 Å². The highest BCUT2D eigenvalue weighted by molar-refractivity contribution is 5.26. The van der Waals surface area contributed by atoms with Crippen LogP contribution in [0.2, 0.25) is 0 Å². The monoisotopic (exact) mass is 207 g/mol. The average molecular weight is 207 g/mol. The van der Waals surface area contributed by atoms with Gasteiger partial charge in [0.15, 0.2) is 0 Å². The lowest BCUT2D eigenvalue weighted by atomic mass is 10.8. The van der Waals surface area contributed by atoms with Crippen molar-refractivity contribution in [1.82, 2.24) is 15.0 Å². The molecule has 0 N–H and O–H groups in total. The Morgan fingerprint density at radius 3 is 2.07 bits per heavy atom. The molecule has 0 aliphatic carbocycles. The minimum absolute atomic E-state index is 0.0581. The third kappa shape index (κ3) is 2.99. The zero-order valence-electron chi connectivity index (χ0n) is 7.64. The second kappa shape index (κ2) is 5.22. The van der Waals surface area contributed by atoms with Crippen molar-refractivity contribution < 1.29 is 4.74 Å². The largest absolute Gasteiger partial charge is 0.464 e. The molecule has 0 aliphatic rings. The molecule has 10 nitrogen and oxygen atoms in total. The molecule has 0 atom stereocenters. The van der Waals surface area contributed by atoms with E-state index in [0.29, 0.717) is 6.61 Å². The first-order valence-corrected chi connectivity index (χ1v) is 3.79. The van der Waals surface area contributed by atoms with E-state index in [9.17, 15) is 0 Å². The molecule has 0 spiro atoms. The van der Waals surface area contributed by atoms with Gasteiger partial charge in [-0.15, -0.1) is 0 Å². The molecule has 1 aromatic rings. The van der Waals surface area contributed by atoms with Crippen molar-refractivity contribution in [2.75, 3.05) is 6.61 Å². The van der Waals surface area contributed by atoms with Gasteiger partial charge in [0.25, 0.3) is 0 Å². The van der Waals surface area contributed by atoms with Gasteiger partial charge in [0.1, 0.15) is 0 Å². The fourth-order valence-corrected chi connectivity index (χ4v) is 0.699. The highest BCUT2D eigenvalue weighted by Gasteiger charge is 2.03. The average Bonchev–Trinajstić information content (AvgIpc) is 2.19. The summed E-state index contributed by atoms with van der Waals surface area (Å²) >= 11 is 0. The van der Waals surface area contributed by atoms with Crippen LogP contribution in [0.3, 0.4) is 0 Å². The van der Waals surface area contributed by atoms with E-state index in [1.807, 2.05) is 0 Å². The van der Waals surface area contributed by atoms with E-state index in [1.165, 1.54) is 0 Å². The quantitative estimate of drug-likeness (QED) is 0.422. The standard InChI is InChI=1S/C5H5N9O/c1-2-15-5-9-3(11-13-6)8-4(10-5)12-14-7/h2H2,1H3. The van der Waals surface area contributed by atoms with Crippen LogP contribution in [0, 0.1) is 0 Å². The Hall–Kier alpha value is -2.57. The number of hydrogen-bond donors (Lipinski definition) is 0. The van der Waals surface area contributed by atoms with Crippen molar-refractivity contribution in [2.24, 2.45) is 10.2 Å². The van der Waals surface area contributed by atoms with Crippen molar-refractivity contribution in [3.63, 3.8) is 0 Å². The third-order valence-electron chi connectivity index (χ3n) is 1.13. The SMILES string of the molecule is CCOc1nc(N=[N+]=[N-])nc(N=[N+]=[N-])n1. The van der Waals surface area contributed by atoms with Gasteiger partial charge in [0, 0.05) is 9.82 Å². The number of azide groups is 2. The van der Waals surface area contributed by atoms with Gasteiger partial charge in [0.2, 0.25) is 11.9 Å². The molecule has 0 saturated heterocycles. The van der Waals surface area contributed by atoms with Crippen molar-refractivity contribution in [2.45, 2.75) is 6.92 Å². The summed E-state index contributed by atoms with van der Waals surface area (Å²) in [5, 5.41) is 6.30. The maximum absolute atomic E-state index is 8.17. The molecule has 1 heterocycles. The van der Waals surface area contributed by atoms with Gasteiger partial charge in [0.05, 0.1) is 6.61 Å². The molecule has 10 heteroatoms. The topological polar surface area (TPSA) is 145 Å². The predicted octanol–water partition coefficient (Wildman–Crippen LogP) is 2.15. The summed E-state index contributed by atoms with van der Waals surface area (Å²) in [5.74, 6) is -0.420. The molecule has 15 heavy (non-hydrogen) atoms. The van der Waals surface area contributed by atoms with Crippen LogP contribution in [0.4, 0.5) is 11.9 Å². The first-order valence-electron chi connectivity index (χ1n) is 3.79. The molecule has 0 fully saturated rings. The highest BCUT2D eigenvalue weighted by atomic mass is 16.5. The van der Waals surface area contributed by atoms with Crippen LogP contribution in [0.15, 0.2) is 10.2 Å². The second-order valence-corrected chi connectivity index (χ2v) is 2.03. The van der Waals surface area contributed by atoms with Crippen molar-refractivity contribution in [1.29, 1.82) is 0 Å². The molecule has 1 aromatic heterocycles. The summed E-state index contributed by atoms with van der Waals surface area (Å²) in [6.45, 7) is 2.06. The molecule has 1 rings (SSSR count). The van der Waals surface area contributed by atoms with Crippen LogP contribution in [0.5, 0.6) is 6.01 Å². The number of nitrogens with zero attached hydrogens (tertiary/aromatic N) is 9. The van der Waals surface area contributed by atoms with Gasteiger partial charge >= 0.3 is 6.01 Å². The predicted molar refractivity (Wildman–Crippen MR) is 48.6 cm³/mol. The third-order valence-corrected chi connectivity index (χ3v) is 1.13. The second-order valence-electron chi connectivity index (χ2n) is 2.03. The van der Waals surface area contributed by atoms with E-state index in [4.69, 9.17) is 15.8 Å². The summed E-state index contributed by atoms with van der Waals surface area (Å²) in [5.41, 5.74) is 16.3. The van der Waals surface area contributed by atoms with Crippen molar-refractivity contribution in [3.05, 3.63) is 20.9 Å². The zero-order chi connectivity index (χ0) is 11.1. The van der Waals surface area contributed by atoms with Gasteiger partial charge in [-0.3, -0.25) is 0 Å². The lowest BCUT2D eigenvalue weighted by molar-refractivity contribution is 0.312. The van der Waals surface area contributed by atoms with Crippen LogP contribution in [-0.4, -0.2) is 21.6 Å². The van der Waals surface area contributed by atoms with Crippen LogP contribution in [-0.2, 0) is 0 Å². The van der Waals surface area contributed by atoms with Crippen molar-refractivity contribution >= 4 is 11.9 Å². The lowest BCUT2D eigenvalue weighted by Crippen LogP contribution is -1.98. The number of hydrogen-bond acceptors (Lipinski definition) is 6. The van der Waals surface area contributed by atoms with Gasteiger partial charge in [-0.05, 0) is 28.2 Å². The zero-order valence-corrected chi connectivity index (χ0v) is 7.64. The van der Waals surface area contributed by atoms with Crippen LogP contribution in [0.25, 0.3) is 20.9 Å². The number of ether oxygens (including phenoxy) is 1. The van der Waals surface area contributed by atoms with Gasteiger partial charge in [-0.2, -0.15) is 9.97 Å². The fourth-order valence-electron chi connectivity index (χ4n) is 0.699. The highest BCUT2D eigenvalue weighted by Crippen LogP contribution is 2.15. The normalized spacial score (nSPS) is 8.60. The molecule has 0 radical (unpaired) electrons. The molecule has 0 unspecified atom stereocenters. The van der Waals surface area contributed by atoms with Crippen LogP contribution < -0.4 is 4.74 Å². The van der Waals surface area contributed by atoms with E-state index in [-0.39, 0.29) is 17.9 Å². The van der Waals surface area contributed by atoms with E-state index in [0.717, 1.165) is 0 Å². The first kappa shape index (κ1) is 10.5. The Labute approximate surface area is 83.2 Å². The molecular formula is C5H5N9O. The van der Waals surface area contributed by atoms with Gasteiger partial charge < -0.3 is 4.74 Å². The Kier molecular flexibility index (Phi) is 3.66. The number of aromatic nitrogens is 3. The lowest BCUT2D eigenvalue weighted by Gasteiger charge is -2.00. The molecule has 0 amide bonds. The Bertz CT molecular complexity index is 408. The summed E-state index contributed by atoms with van der Waals surface area (Å²) < 4.78 is 4.95. The van der Waals surface area contributed by atoms with Crippen LogP contribution in [0.1, 0.15) is 6.92 Å². The molecule has 0 bridgehead atoms. The Morgan fingerprint density at radius 1 is 1.13 bits per heavy atom. The van der Waals surface area contributed by atoms with E-state index in [2.05, 4.69) is 35.0 Å². The number of rotatable bonds is 4. The maximum atomic E-state index is 8.17. The molecule has 0 saturated carbocycles. The summed E-state index contributed by atoms with van der Waals surface area (Å²) in [4.78, 5) is 15.8. The molecule has 0 aliphatic heterocycles. The summed E-state index contributed by atoms with van der Waals surface area (Å²) in [7, 11) is 0. The minimum Gasteiger partial charge on any atom is -0.464 e. The Balaban J connectivity index is 3.18. The summed E-state index contributed by atoms with van der Waals surface area (Å²) in [6, 6.07) is -0.0581. The minimum atomic E-state index is -0.210. The van der Waals surface area contributed by atoms with E-state index < -0.39 is 0 Å². The van der Waals surface area contributed by atoms with E-state index >= 15 is 0 Å². The van der Waals surface area contributed by atoms with Gasteiger partial charge in [-0.25, -0.2) is 4.98 Å². The Morgan fingerprint density at radius 2 is 1.67 bits per heavy atom. The first-order chi connectivity index (χ1) is 7.30. The van der Waals surface area contributed by atoms with Crippen LogP contribution >= 0.6 is 0 Å². The molecule has 0 aromatic carbocycles. The maximum Gasteiger partial charge on any atom is 0.320 e. The molecular weight excluding hydrogens is 202 g/mol. The van der Waals surface area contributed by atoms with Gasteiger partial charge in [-0.1, -0.05) is 0 Å². The smallest absolute Gasteiger partial charge is 0.320 e. The molecule has 76 valence electrons. The van der Waals surface area contributed by atoms with E-state index in [1.54, 1.807) is 6.92 Å². The summed E-state index contributed by atoms with van der Waals surface area (Å²) in [6.07, 6.45) is 0. The fraction of sp³-hybridized carbons (Fsp3) is 0.400.